The first kappa shape index (κ1) is 9.01. The van der Waals surface area contributed by atoms with E-state index in [1.807, 2.05) is 0 Å². The van der Waals surface area contributed by atoms with Gasteiger partial charge in [-0.15, -0.1) is 0 Å². The molecular weight excluding hydrogens is 216 g/mol. The lowest BCUT2D eigenvalue weighted by Gasteiger charge is -2.42. The van der Waals surface area contributed by atoms with Gasteiger partial charge in [-0.2, -0.15) is 0 Å². The lowest BCUT2D eigenvalue weighted by Crippen LogP contribution is -2.34. The minimum Gasteiger partial charge on any atom is -0.378 e. The van der Waals surface area contributed by atoms with Gasteiger partial charge in [0.05, 0.1) is 6.10 Å². The molecule has 2 heteroatoms. The van der Waals surface area contributed by atoms with Gasteiger partial charge in [0.1, 0.15) is 0 Å². The van der Waals surface area contributed by atoms with Crippen molar-refractivity contribution in [1.29, 1.82) is 0 Å². The maximum absolute atomic E-state index is 5.67. The van der Waals surface area contributed by atoms with E-state index in [1.165, 1.54) is 43.9 Å². The van der Waals surface area contributed by atoms with Crippen molar-refractivity contribution in [2.24, 2.45) is 5.41 Å². The van der Waals surface area contributed by atoms with Crippen LogP contribution in [0.3, 0.4) is 0 Å². The summed E-state index contributed by atoms with van der Waals surface area (Å²) in [5.74, 6) is 0. The molecule has 0 N–H and O–H groups in total. The molecule has 2 rings (SSSR count). The first-order valence-corrected chi connectivity index (χ1v) is 6.14. The molecule has 1 atom stereocenters. The number of hydrogen-bond donors (Lipinski definition) is 0. The molecule has 0 aromatic carbocycles. The fourth-order valence-electron chi connectivity index (χ4n) is 2.36. The van der Waals surface area contributed by atoms with Crippen LogP contribution < -0.4 is 0 Å². The highest BCUT2D eigenvalue weighted by molar-refractivity contribution is 9.09. The van der Waals surface area contributed by atoms with Crippen LogP contribution in [0.5, 0.6) is 0 Å². The Morgan fingerprint density at radius 2 is 2.17 bits per heavy atom. The molecule has 1 unspecified atom stereocenters. The summed E-state index contributed by atoms with van der Waals surface area (Å²) >= 11 is 3.64. The highest BCUT2D eigenvalue weighted by Crippen LogP contribution is 2.47. The Balaban J connectivity index is 1.83. The molecule has 1 aliphatic heterocycles. The summed E-state index contributed by atoms with van der Waals surface area (Å²) < 4.78 is 5.67. The Morgan fingerprint density at radius 3 is 2.58 bits per heavy atom. The molecule has 70 valence electrons. The molecule has 2 fully saturated rings. The summed E-state index contributed by atoms with van der Waals surface area (Å²) in [5.41, 5.74) is 0.620. The highest BCUT2D eigenvalue weighted by atomic mass is 79.9. The number of hydrogen-bond acceptors (Lipinski definition) is 1. The second-order valence-electron chi connectivity index (χ2n) is 4.33. The first-order valence-electron chi connectivity index (χ1n) is 5.02. The average Bonchev–Trinajstić information content (AvgIpc) is 2.49. The Kier molecular flexibility index (Phi) is 2.75. The van der Waals surface area contributed by atoms with Gasteiger partial charge < -0.3 is 4.74 Å². The Morgan fingerprint density at radius 1 is 1.33 bits per heavy atom. The van der Waals surface area contributed by atoms with Gasteiger partial charge in [0, 0.05) is 11.9 Å². The fourth-order valence-corrected chi connectivity index (χ4v) is 3.15. The number of rotatable bonds is 3. The summed E-state index contributed by atoms with van der Waals surface area (Å²) in [4.78, 5) is 0. The van der Waals surface area contributed by atoms with Gasteiger partial charge in [-0.05, 0) is 37.5 Å². The molecule has 1 nitrogen and oxygen atoms in total. The van der Waals surface area contributed by atoms with E-state index in [9.17, 15) is 0 Å². The summed E-state index contributed by atoms with van der Waals surface area (Å²) in [6.45, 7) is 1.00. The van der Waals surface area contributed by atoms with Crippen LogP contribution in [0.1, 0.15) is 38.5 Å². The predicted molar refractivity (Wildman–Crippen MR) is 53.7 cm³/mol. The van der Waals surface area contributed by atoms with E-state index in [0.717, 1.165) is 6.61 Å². The van der Waals surface area contributed by atoms with E-state index in [4.69, 9.17) is 4.74 Å². The quantitative estimate of drug-likeness (QED) is 0.680. The molecule has 2 aliphatic rings. The van der Waals surface area contributed by atoms with Crippen LogP contribution in [0.15, 0.2) is 0 Å². The van der Waals surface area contributed by atoms with Gasteiger partial charge in [0.2, 0.25) is 0 Å². The molecule has 0 bridgehead atoms. The van der Waals surface area contributed by atoms with Crippen molar-refractivity contribution in [2.75, 3.05) is 11.9 Å². The van der Waals surface area contributed by atoms with Crippen LogP contribution >= 0.6 is 15.9 Å². The zero-order chi connectivity index (χ0) is 8.44. The van der Waals surface area contributed by atoms with Crippen molar-refractivity contribution in [3.05, 3.63) is 0 Å². The SMILES string of the molecule is BrCC1(CC2CCCO2)CCC1. The van der Waals surface area contributed by atoms with Crippen LogP contribution in [0.25, 0.3) is 0 Å². The fraction of sp³-hybridized carbons (Fsp3) is 1.00. The van der Waals surface area contributed by atoms with Crippen LogP contribution in [0.2, 0.25) is 0 Å². The van der Waals surface area contributed by atoms with Gasteiger partial charge in [-0.25, -0.2) is 0 Å². The predicted octanol–water partition coefficient (Wildman–Crippen LogP) is 3.12. The number of halogens is 1. The monoisotopic (exact) mass is 232 g/mol. The van der Waals surface area contributed by atoms with E-state index in [1.54, 1.807) is 0 Å². The molecule has 1 heterocycles. The van der Waals surface area contributed by atoms with Crippen molar-refractivity contribution in [3.63, 3.8) is 0 Å². The van der Waals surface area contributed by atoms with Crippen LogP contribution in [-0.4, -0.2) is 18.0 Å². The van der Waals surface area contributed by atoms with Gasteiger partial charge in [-0.3, -0.25) is 0 Å². The average molecular weight is 233 g/mol. The molecule has 0 radical (unpaired) electrons. The van der Waals surface area contributed by atoms with Gasteiger partial charge in [-0.1, -0.05) is 22.4 Å². The zero-order valence-corrected chi connectivity index (χ0v) is 9.11. The Labute approximate surface area is 83.0 Å². The van der Waals surface area contributed by atoms with Crippen molar-refractivity contribution in [2.45, 2.75) is 44.6 Å². The number of alkyl halides is 1. The minimum atomic E-state index is 0.586. The molecule has 12 heavy (non-hydrogen) atoms. The van der Waals surface area contributed by atoms with E-state index in [-0.39, 0.29) is 0 Å². The van der Waals surface area contributed by atoms with Crippen molar-refractivity contribution >= 4 is 15.9 Å². The van der Waals surface area contributed by atoms with Crippen molar-refractivity contribution in [3.8, 4) is 0 Å². The zero-order valence-electron chi connectivity index (χ0n) is 7.52. The summed E-state index contributed by atoms with van der Waals surface area (Å²) in [6.07, 6.45) is 8.73. The summed E-state index contributed by atoms with van der Waals surface area (Å²) in [5, 5.41) is 1.18. The van der Waals surface area contributed by atoms with E-state index in [2.05, 4.69) is 15.9 Å². The normalized spacial score (nSPS) is 33.2. The molecule has 1 saturated heterocycles. The second kappa shape index (κ2) is 3.67. The maximum atomic E-state index is 5.67. The lowest BCUT2D eigenvalue weighted by molar-refractivity contribution is 0.0362. The largest absolute Gasteiger partial charge is 0.378 e. The van der Waals surface area contributed by atoms with Gasteiger partial charge in [0.15, 0.2) is 0 Å². The van der Waals surface area contributed by atoms with E-state index in [0.29, 0.717) is 11.5 Å². The molecule has 1 saturated carbocycles. The molecule has 1 aliphatic carbocycles. The first-order chi connectivity index (χ1) is 5.85. The van der Waals surface area contributed by atoms with Gasteiger partial charge >= 0.3 is 0 Å². The van der Waals surface area contributed by atoms with Crippen LogP contribution in [0.4, 0.5) is 0 Å². The van der Waals surface area contributed by atoms with Crippen molar-refractivity contribution in [1.82, 2.24) is 0 Å². The Hall–Kier alpha value is 0.440. The van der Waals surface area contributed by atoms with Crippen LogP contribution in [0, 0.1) is 5.41 Å². The minimum absolute atomic E-state index is 0.586. The third-order valence-electron chi connectivity index (χ3n) is 3.38. The standard InChI is InChI=1S/C10H17BrO/c11-8-10(4-2-5-10)7-9-3-1-6-12-9/h9H,1-8H2. The van der Waals surface area contributed by atoms with Gasteiger partial charge in [0.25, 0.3) is 0 Å². The topological polar surface area (TPSA) is 9.23 Å². The molecular formula is C10H17BrO. The summed E-state index contributed by atoms with van der Waals surface area (Å²) in [7, 11) is 0. The maximum Gasteiger partial charge on any atom is 0.0581 e. The third-order valence-corrected chi connectivity index (χ3v) is 4.57. The van der Waals surface area contributed by atoms with E-state index >= 15 is 0 Å². The highest BCUT2D eigenvalue weighted by Gasteiger charge is 2.38. The molecule has 0 amide bonds. The molecule has 0 aromatic rings. The molecule has 0 aromatic heterocycles. The Bertz CT molecular complexity index is 142. The van der Waals surface area contributed by atoms with Crippen LogP contribution in [-0.2, 0) is 4.74 Å². The summed E-state index contributed by atoms with van der Waals surface area (Å²) in [6, 6.07) is 0. The lowest BCUT2D eigenvalue weighted by atomic mass is 9.67. The van der Waals surface area contributed by atoms with Crippen molar-refractivity contribution < 1.29 is 4.74 Å². The third kappa shape index (κ3) is 1.69. The molecule has 0 spiro atoms. The van der Waals surface area contributed by atoms with E-state index < -0.39 is 0 Å². The second-order valence-corrected chi connectivity index (χ2v) is 4.89. The smallest absolute Gasteiger partial charge is 0.0581 e. The number of ether oxygens (including phenoxy) is 1.